The molecule has 0 aromatic heterocycles. The number of hydrogen-bond donors (Lipinski definition) is 2. The van der Waals surface area contributed by atoms with E-state index in [1.54, 1.807) is 6.07 Å². The van der Waals surface area contributed by atoms with Crippen LogP contribution in [0.4, 0.5) is 0 Å². The average molecular weight is 234 g/mol. The lowest BCUT2D eigenvalue weighted by Gasteiger charge is -2.14. The molecule has 1 amide bonds. The molecule has 0 heterocycles. The van der Waals surface area contributed by atoms with Crippen molar-refractivity contribution in [3.63, 3.8) is 0 Å². The number of rotatable bonds is 4. The molecule has 0 aliphatic heterocycles. The summed E-state index contributed by atoms with van der Waals surface area (Å²) in [5, 5.41) is 0. The van der Waals surface area contributed by atoms with E-state index in [2.05, 4.69) is 5.43 Å². The first-order chi connectivity index (χ1) is 8.11. The van der Waals surface area contributed by atoms with Crippen molar-refractivity contribution < 1.29 is 9.53 Å². The molecular weight excluding hydrogens is 216 g/mol. The molecule has 4 heteroatoms. The molecule has 4 nitrogen and oxygen atoms in total. The van der Waals surface area contributed by atoms with E-state index in [1.165, 1.54) is 18.4 Å². The number of hydrogen-bond acceptors (Lipinski definition) is 3. The summed E-state index contributed by atoms with van der Waals surface area (Å²) < 4.78 is 5.67. The standard InChI is InChI=1S/C13H18N2O2/c1-8(2)17-12-7-10(9-3-4-9)5-6-11(12)13(16)15-14/h5-9H,3-4,14H2,1-2H3,(H,15,16). The van der Waals surface area contributed by atoms with Crippen LogP contribution < -0.4 is 16.0 Å². The zero-order chi connectivity index (χ0) is 12.4. The van der Waals surface area contributed by atoms with Gasteiger partial charge in [0.25, 0.3) is 5.91 Å². The van der Waals surface area contributed by atoms with E-state index in [-0.39, 0.29) is 12.0 Å². The minimum Gasteiger partial charge on any atom is -0.490 e. The van der Waals surface area contributed by atoms with Crippen molar-refractivity contribution in [1.82, 2.24) is 5.43 Å². The van der Waals surface area contributed by atoms with E-state index in [4.69, 9.17) is 10.6 Å². The summed E-state index contributed by atoms with van der Waals surface area (Å²) in [6, 6.07) is 5.73. The van der Waals surface area contributed by atoms with Gasteiger partial charge in [-0.3, -0.25) is 10.2 Å². The van der Waals surface area contributed by atoms with Gasteiger partial charge < -0.3 is 4.74 Å². The van der Waals surface area contributed by atoms with Gasteiger partial charge in [0, 0.05) is 0 Å². The summed E-state index contributed by atoms with van der Waals surface area (Å²) in [6.07, 6.45) is 2.49. The quantitative estimate of drug-likeness (QED) is 0.475. The van der Waals surface area contributed by atoms with Crippen molar-refractivity contribution in [3.05, 3.63) is 29.3 Å². The molecule has 0 radical (unpaired) electrons. The van der Waals surface area contributed by atoms with Gasteiger partial charge in [-0.1, -0.05) is 6.07 Å². The Bertz CT molecular complexity index is 425. The van der Waals surface area contributed by atoms with Crippen molar-refractivity contribution in [2.24, 2.45) is 5.84 Å². The monoisotopic (exact) mass is 234 g/mol. The van der Waals surface area contributed by atoms with Crippen LogP contribution in [0.1, 0.15) is 48.5 Å². The molecule has 17 heavy (non-hydrogen) atoms. The fourth-order valence-corrected chi connectivity index (χ4v) is 1.83. The Labute approximate surface area is 101 Å². The molecule has 1 aromatic rings. The first kappa shape index (κ1) is 11.9. The molecule has 92 valence electrons. The molecule has 0 saturated heterocycles. The molecule has 0 unspecified atom stereocenters. The maximum absolute atomic E-state index is 11.6. The lowest BCUT2D eigenvalue weighted by Crippen LogP contribution is -2.30. The number of hydrazine groups is 1. The Morgan fingerprint density at radius 2 is 2.18 bits per heavy atom. The summed E-state index contributed by atoms with van der Waals surface area (Å²) in [5.41, 5.74) is 3.88. The maximum atomic E-state index is 11.6. The zero-order valence-corrected chi connectivity index (χ0v) is 10.2. The first-order valence-corrected chi connectivity index (χ1v) is 5.93. The van der Waals surface area contributed by atoms with Crippen LogP contribution in [0.2, 0.25) is 0 Å². The Hall–Kier alpha value is -1.55. The van der Waals surface area contributed by atoms with Crippen molar-refractivity contribution >= 4 is 5.91 Å². The number of benzene rings is 1. The molecular formula is C13H18N2O2. The predicted octanol–water partition coefficient (Wildman–Crippen LogP) is 1.95. The predicted molar refractivity (Wildman–Crippen MR) is 65.8 cm³/mol. The number of nitrogens with one attached hydrogen (secondary N) is 1. The van der Waals surface area contributed by atoms with E-state index >= 15 is 0 Å². The van der Waals surface area contributed by atoms with Gasteiger partial charge in [-0.2, -0.15) is 0 Å². The van der Waals surface area contributed by atoms with Crippen molar-refractivity contribution in [2.45, 2.75) is 38.7 Å². The summed E-state index contributed by atoms with van der Waals surface area (Å²) in [7, 11) is 0. The molecule has 0 atom stereocenters. The number of amides is 1. The van der Waals surface area contributed by atoms with Crippen molar-refractivity contribution in [2.75, 3.05) is 0 Å². The average Bonchev–Trinajstić information content (AvgIpc) is 3.11. The molecule has 1 fully saturated rings. The smallest absolute Gasteiger partial charge is 0.268 e. The summed E-state index contributed by atoms with van der Waals surface area (Å²) in [4.78, 5) is 11.6. The van der Waals surface area contributed by atoms with Gasteiger partial charge in [-0.25, -0.2) is 5.84 Å². The Morgan fingerprint density at radius 1 is 1.47 bits per heavy atom. The molecule has 1 aliphatic carbocycles. The number of ether oxygens (including phenoxy) is 1. The minimum absolute atomic E-state index is 0.0359. The topological polar surface area (TPSA) is 64.3 Å². The zero-order valence-electron chi connectivity index (χ0n) is 10.2. The van der Waals surface area contributed by atoms with Crippen molar-refractivity contribution in [3.8, 4) is 5.75 Å². The number of nitrogens with two attached hydrogens (primary N) is 1. The third-order valence-electron chi connectivity index (χ3n) is 2.79. The van der Waals surface area contributed by atoms with Crippen LogP contribution in [-0.4, -0.2) is 12.0 Å². The van der Waals surface area contributed by atoms with E-state index in [9.17, 15) is 4.79 Å². The number of nitrogen functional groups attached to an aromatic ring is 1. The van der Waals surface area contributed by atoms with E-state index in [1.807, 2.05) is 26.0 Å². The van der Waals surface area contributed by atoms with Gasteiger partial charge in [0.2, 0.25) is 0 Å². The molecule has 3 N–H and O–H groups in total. The van der Waals surface area contributed by atoms with Crippen molar-refractivity contribution in [1.29, 1.82) is 0 Å². The minimum atomic E-state index is -0.317. The van der Waals surface area contributed by atoms with Crippen LogP contribution in [-0.2, 0) is 0 Å². The molecule has 0 spiro atoms. The largest absolute Gasteiger partial charge is 0.490 e. The molecule has 1 aliphatic rings. The SMILES string of the molecule is CC(C)Oc1cc(C2CC2)ccc1C(=O)NN. The maximum Gasteiger partial charge on any atom is 0.268 e. The van der Waals surface area contributed by atoms with Crippen LogP contribution >= 0.6 is 0 Å². The van der Waals surface area contributed by atoms with E-state index in [0.717, 1.165) is 0 Å². The second kappa shape index (κ2) is 4.75. The molecule has 1 saturated carbocycles. The lowest BCUT2D eigenvalue weighted by molar-refractivity contribution is 0.0948. The van der Waals surface area contributed by atoms with Gasteiger partial charge in [-0.05, 0) is 50.3 Å². The Balaban J connectivity index is 2.32. The highest BCUT2D eigenvalue weighted by molar-refractivity contribution is 5.96. The summed E-state index contributed by atoms with van der Waals surface area (Å²) in [5.74, 6) is 6.10. The molecule has 2 rings (SSSR count). The van der Waals surface area contributed by atoms with Crippen LogP contribution in [0, 0.1) is 0 Å². The van der Waals surface area contributed by atoms with Gasteiger partial charge in [0.05, 0.1) is 11.7 Å². The van der Waals surface area contributed by atoms with Crippen LogP contribution in [0.25, 0.3) is 0 Å². The molecule has 0 bridgehead atoms. The van der Waals surface area contributed by atoms with Gasteiger partial charge >= 0.3 is 0 Å². The highest BCUT2D eigenvalue weighted by atomic mass is 16.5. The van der Waals surface area contributed by atoms with Crippen LogP contribution in [0.5, 0.6) is 5.75 Å². The summed E-state index contributed by atoms with van der Waals surface area (Å²) >= 11 is 0. The summed E-state index contributed by atoms with van der Waals surface area (Å²) in [6.45, 7) is 3.88. The second-order valence-electron chi connectivity index (χ2n) is 4.67. The number of carbonyl (C=O) groups is 1. The lowest BCUT2D eigenvalue weighted by atomic mass is 10.1. The fourth-order valence-electron chi connectivity index (χ4n) is 1.83. The third-order valence-corrected chi connectivity index (χ3v) is 2.79. The Kier molecular flexibility index (Phi) is 3.33. The third kappa shape index (κ3) is 2.77. The highest BCUT2D eigenvalue weighted by Crippen LogP contribution is 2.41. The van der Waals surface area contributed by atoms with E-state index < -0.39 is 0 Å². The number of carbonyl (C=O) groups excluding carboxylic acids is 1. The Morgan fingerprint density at radius 3 is 2.71 bits per heavy atom. The fraction of sp³-hybridized carbons (Fsp3) is 0.462. The van der Waals surface area contributed by atoms with Gasteiger partial charge in [0.15, 0.2) is 0 Å². The van der Waals surface area contributed by atoms with Gasteiger partial charge in [0.1, 0.15) is 5.75 Å². The van der Waals surface area contributed by atoms with Crippen LogP contribution in [0.3, 0.4) is 0 Å². The second-order valence-corrected chi connectivity index (χ2v) is 4.67. The van der Waals surface area contributed by atoms with Crippen LogP contribution in [0.15, 0.2) is 18.2 Å². The highest BCUT2D eigenvalue weighted by Gasteiger charge is 2.25. The first-order valence-electron chi connectivity index (χ1n) is 5.93. The normalized spacial score (nSPS) is 14.8. The van der Waals surface area contributed by atoms with Gasteiger partial charge in [-0.15, -0.1) is 0 Å². The molecule has 1 aromatic carbocycles. The van der Waals surface area contributed by atoms with E-state index in [0.29, 0.717) is 17.2 Å².